The summed E-state index contributed by atoms with van der Waals surface area (Å²) in [6.45, 7) is 4.41. The average molecular weight is 471 g/mol. The lowest BCUT2D eigenvalue weighted by atomic mass is 10.0. The van der Waals surface area contributed by atoms with Crippen molar-refractivity contribution in [3.05, 3.63) is 65.5 Å². The van der Waals surface area contributed by atoms with Crippen molar-refractivity contribution in [2.24, 2.45) is 0 Å². The second-order valence-corrected chi connectivity index (χ2v) is 10.5. The number of hydrogen-bond donors (Lipinski definition) is 0. The maximum atomic E-state index is 5.37. The molecule has 0 aliphatic rings. The van der Waals surface area contributed by atoms with Crippen molar-refractivity contribution in [2.45, 2.75) is 40.0 Å². The van der Waals surface area contributed by atoms with Crippen molar-refractivity contribution in [3.8, 4) is 17.1 Å². The molecule has 0 N–H and O–H groups in total. The Morgan fingerprint density at radius 2 is 1.61 bits per heavy atom. The van der Waals surface area contributed by atoms with Crippen molar-refractivity contribution >= 4 is 34.9 Å². The highest BCUT2D eigenvalue weighted by molar-refractivity contribution is 8.02. The predicted octanol–water partition coefficient (Wildman–Crippen LogP) is 6.30. The van der Waals surface area contributed by atoms with Gasteiger partial charge in [0.1, 0.15) is 5.75 Å². The van der Waals surface area contributed by atoms with E-state index in [0.717, 1.165) is 25.7 Å². The van der Waals surface area contributed by atoms with Crippen LogP contribution < -0.4 is 4.74 Å². The van der Waals surface area contributed by atoms with Gasteiger partial charge in [-0.3, -0.25) is 0 Å². The minimum absolute atomic E-state index is 0.551. The Morgan fingerprint density at radius 3 is 2.26 bits per heavy atom. The van der Waals surface area contributed by atoms with Gasteiger partial charge in [-0.1, -0.05) is 78.1 Å². The number of rotatable bonds is 9. The van der Waals surface area contributed by atoms with Crippen molar-refractivity contribution < 1.29 is 9.26 Å². The summed E-state index contributed by atoms with van der Waals surface area (Å²) in [5, 5.41) is 12.6. The lowest BCUT2D eigenvalue weighted by Crippen LogP contribution is -1.87. The van der Waals surface area contributed by atoms with Crippen LogP contribution >= 0.6 is 34.9 Å². The van der Waals surface area contributed by atoms with Gasteiger partial charge in [0, 0.05) is 11.3 Å². The summed E-state index contributed by atoms with van der Waals surface area (Å²) in [4.78, 5) is 4.47. The number of benzene rings is 2. The average Bonchev–Trinajstić information content (AvgIpc) is 3.46. The largest absolute Gasteiger partial charge is 0.497 e. The van der Waals surface area contributed by atoms with Gasteiger partial charge in [0.05, 0.1) is 12.9 Å². The summed E-state index contributed by atoms with van der Waals surface area (Å²) in [5.74, 6) is 3.91. The van der Waals surface area contributed by atoms with Gasteiger partial charge in [0.15, 0.2) is 8.68 Å². The molecule has 0 saturated heterocycles. The van der Waals surface area contributed by atoms with E-state index in [0.29, 0.717) is 23.4 Å². The first-order chi connectivity index (χ1) is 15.1. The standard InChI is InChI=1S/C22H22N4O2S3/c1-14(2)16-6-4-15(5-7-16)12-29-21-24-25-22(31-21)30-13-19-23-20(26-28-19)17-8-10-18(27-3)11-9-17/h4-11,14H,12-13H2,1-3H3. The number of hydrogen-bond acceptors (Lipinski definition) is 9. The molecule has 0 saturated carbocycles. The van der Waals surface area contributed by atoms with Crippen LogP contribution in [0.2, 0.25) is 0 Å². The molecule has 0 amide bonds. The highest BCUT2D eigenvalue weighted by Gasteiger charge is 2.12. The molecule has 9 heteroatoms. The molecule has 0 unspecified atom stereocenters. The third kappa shape index (κ3) is 5.87. The fourth-order valence-electron chi connectivity index (χ4n) is 2.75. The van der Waals surface area contributed by atoms with Crippen LogP contribution in [-0.2, 0) is 11.5 Å². The van der Waals surface area contributed by atoms with Crippen molar-refractivity contribution in [1.29, 1.82) is 0 Å². The minimum atomic E-state index is 0.551. The highest BCUT2D eigenvalue weighted by Crippen LogP contribution is 2.32. The predicted molar refractivity (Wildman–Crippen MR) is 126 cm³/mol. The molecule has 0 fully saturated rings. The first-order valence-electron chi connectivity index (χ1n) is 9.75. The van der Waals surface area contributed by atoms with Gasteiger partial charge in [-0.15, -0.1) is 10.2 Å². The second-order valence-electron chi connectivity index (χ2n) is 7.05. The molecule has 2 aromatic carbocycles. The molecule has 31 heavy (non-hydrogen) atoms. The van der Waals surface area contributed by atoms with Gasteiger partial charge in [-0.2, -0.15) is 4.98 Å². The summed E-state index contributed by atoms with van der Waals surface area (Å²) in [6, 6.07) is 16.3. The van der Waals surface area contributed by atoms with E-state index in [1.807, 2.05) is 24.3 Å². The van der Waals surface area contributed by atoms with E-state index in [4.69, 9.17) is 9.26 Å². The Labute approximate surface area is 193 Å². The van der Waals surface area contributed by atoms with Crippen LogP contribution in [0, 0.1) is 0 Å². The van der Waals surface area contributed by atoms with Crippen LogP contribution in [0.25, 0.3) is 11.4 Å². The maximum absolute atomic E-state index is 5.37. The van der Waals surface area contributed by atoms with Crippen molar-refractivity contribution in [3.63, 3.8) is 0 Å². The van der Waals surface area contributed by atoms with Gasteiger partial charge < -0.3 is 9.26 Å². The van der Waals surface area contributed by atoms with Crippen LogP contribution in [0.3, 0.4) is 0 Å². The molecule has 0 radical (unpaired) electrons. The number of methoxy groups -OCH3 is 1. The first-order valence-corrected chi connectivity index (χ1v) is 12.5. The van der Waals surface area contributed by atoms with Crippen LogP contribution in [0.5, 0.6) is 5.75 Å². The Morgan fingerprint density at radius 1 is 0.935 bits per heavy atom. The quantitative estimate of drug-likeness (QED) is 0.264. The summed E-state index contributed by atoms with van der Waals surface area (Å²) in [7, 11) is 1.64. The molecule has 6 nitrogen and oxygen atoms in total. The van der Waals surface area contributed by atoms with Gasteiger partial charge in [0.2, 0.25) is 11.7 Å². The van der Waals surface area contributed by atoms with E-state index in [-0.39, 0.29) is 0 Å². The zero-order chi connectivity index (χ0) is 21.6. The van der Waals surface area contributed by atoms with Gasteiger partial charge >= 0.3 is 0 Å². The molecule has 2 aromatic heterocycles. The molecule has 0 atom stereocenters. The number of thioether (sulfide) groups is 2. The molecule has 0 bridgehead atoms. The zero-order valence-corrected chi connectivity index (χ0v) is 19.9. The summed E-state index contributed by atoms with van der Waals surface area (Å²) < 4.78 is 12.4. The van der Waals surface area contributed by atoms with Crippen molar-refractivity contribution in [2.75, 3.05) is 7.11 Å². The molecular weight excluding hydrogens is 448 g/mol. The third-order valence-corrected chi connectivity index (χ3v) is 7.78. The Hall–Kier alpha value is -2.36. The Bertz CT molecular complexity index is 1110. The monoisotopic (exact) mass is 470 g/mol. The van der Waals surface area contributed by atoms with Crippen LogP contribution in [0.15, 0.2) is 61.7 Å². The highest BCUT2D eigenvalue weighted by atomic mass is 32.2. The molecule has 0 aliphatic carbocycles. The molecule has 4 aromatic rings. The zero-order valence-electron chi connectivity index (χ0n) is 17.4. The Kier molecular flexibility index (Phi) is 7.26. The van der Waals surface area contributed by atoms with Crippen LogP contribution in [0.4, 0.5) is 0 Å². The van der Waals surface area contributed by atoms with Crippen LogP contribution in [-0.4, -0.2) is 27.4 Å². The van der Waals surface area contributed by atoms with E-state index in [9.17, 15) is 0 Å². The third-order valence-electron chi connectivity index (χ3n) is 4.53. The smallest absolute Gasteiger partial charge is 0.237 e. The van der Waals surface area contributed by atoms with E-state index >= 15 is 0 Å². The molecule has 0 aliphatic heterocycles. The molecule has 2 heterocycles. The maximum Gasteiger partial charge on any atom is 0.237 e. The molecular formula is C22H22N4O2S3. The van der Waals surface area contributed by atoms with E-state index < -0.39 is 0 Å². The summed E-state index contributed by atoms with van der Waals surface area (Å²) in [5.41, 5.74) is 3.53. The van der Waals surface area contributed by atoms with E-state index in [1.165, 1.54) is 11.1 Å². The van der Waals surface area contributed by atoms with Crippen molar-refractivity contribution in [1.82, 2.24) is 20.3 Å². The van der Waals surface area contributed by atoms with E-state index in [1.54, 1.807) is 42.0 Å². The second kappa shape index (κ2) is 10.3. The number of nitrogens with zero attached hydrogens (tertiary/aromatic N) is 4. The first kappa shape index (κ1) is 21.9. The Balaban J connectivity index is 1.28. The van der Waals surface area contributed by atoms with E-state index in [2.05, 4.69) is 58.5 Å². The fraction of sp³-hybridized carbons (Fsp3) is 0.273. The van der Waals surface area contributed by atoms with Crippen LogP contribution in [0.1, 0.15) is 36.8 Å². The fourth-order valence-corrected chi connectivity index (χ4v) is 5.57. The minimum Gasteiger partial charge on any atom is -0.497 e. The summed E-state index contributed by atoms with van der Waals surface area (Å²) >= 11 is 4.84. The number of aromatic nitrogens is 4. The lowest BCUT2D eigenvalue weighted by Gasteiger charge is -2.05. The molecule has 4 rings (SSSR count). The SMILES string of the molecule is COc1ccc(-c2noc(CSc3nnc(SCc4ccc(C(C)C)cc4)s3)n2)cc1. The van der Waals surface area contributed by atoms with Gasteiger partial charge in [0.25, 0.3) is 0 Å². The summed E-state index contributed by atoms with van der Waals surface area (Å²) in [6.07, 6.45) is 0. The molecule has 0 spiro atoms. The topological polar surface area (TPSA) is 73.9 Å². The van der Waals surface area contributed by atoms with Gasteiger partial charge in [-0.05, 0) is 41.3 Å². The lowest BCUT2D eigenvalue weighted by molar-refractivity contribution is 0.391. The molecule has 160 valence electrons. The number of ether oxygens (including phenoxy) is 1. The normalized spacial score (nSPS) is 11.2. The van der Waals surface area contributed by atoms with Gasteiger partial charge in [-0.25, -0.2) is 0 Å².